The quantitative estimate of drug-likeness (QED) is 0.795. The summed E-state index contributed by atoms with van der Waals surface area (Å²) in [5.74, 6) is 1.16. The Hall–Kier alpha value is -3.02. The first kappa shape index (κ1) is 20.3. The first-order valence-electron chi connectivity index (χ1n) is 10.4. The van der Waals surface area contributed by atoms with E-state index in [9.17, 15) is 9.59 Å². The number of rotatable bonds is 6. The molecule has 6 nitrogen and oxygen atoms in total. The number of nitrogens with zero attached hydrogens (tertiary/aromatic N) is 1. The molecular formula is C24H28N2O4. The smallest absolute Gasteiger partial charge is 0.255 e. The van der Waals surface area contributed by atoms with Crippen molar-refractivity contribution in [2.45, 2.75) is 45.3 Å². The second kappa shape index (κ2) is 8.01. The number of hydrogen-bond acceptors (Lipinski definition) is 4. The molecule has 0 radical (unpaired) electrons. The van der Waals surface area contributed by atoms with Gasteiger partial charge in [-0.3, -0.25) is 9.59 Å². The Bertz CT molecular complexity index is 985. The lowest BCUT2D eigenvalue weighted by atomic mass is 10.00. The van der Waals surface area contributed by atoms with Gasteiger partial charge in [-0.15, -0.1) is 0 Å². The average molecular weight is 408 g/mol. The van der Waals surface area contributed by atoms with Crippen LogP contribution in [0.15, 0.2) is 36.4 Å². The number of aryl methyl sites for hydroxylation is 1. The molecule has 0 saturated heterocycles. The zero-order chi connectivity index (χ0) is 21.4. The van der Waals surface area contributed by atoms with Crippen molar-refractivity contribution >= 4 is 11.8 Å². The van der Waals surface area contributed by atoms with Crippen molar-refractivity contribution in [2.24, 2.45) is 5.92 Å². The zero-order valence-corrected chi connectivity index (χ0v) is 17.9. The van der Waals surface area contributed by atoms with Gasteiger partial charge in [-0.05, 0) is 53.6 Å². The van der Waals surface area contributed by atoms with Crippen LogP contribution in [0.25, 0.3) is 0 Å². The fourth-order valence-corrected chi connectivity index (χ4v) is 4.65. The lowest BCUT2D eigenvalue weighted by Gasteiger charge is -2.31. The molecule has 1 heterocycles. The SMILES string of the molecule is COc1cc2c(cc1OC)C(NC(=O)C(C(C)C)N1Cc3ccccc3C1=O)CC2. The third-order valence-electron chi connectivity index (χ3n) is 6.12. The summed E-state index contributed by atoms with van der Waals surface area (Å²) in [6, 6.07) is 10.9. The van der Waals surface area contributed by atoms with Crippen molar-refractivity contribution in [3.63, 3.8) is 0 Å². The second-order valence-corrected chi connectivity index (χ2v) is 8.28. The van der Waals surface area contributed by atoms with Gasteiger partial charge in [-0.1, -0.05) is 32.0 Å². The monoisotopic (exact) mass is 408 g/mol. The summed E-state index contributed by atoms with van der Waals surface area (Å²) in [5, 5.41) is 3.20. The predicted octanol–water partition coefficient (Wildman–Crippen LogP) is 3.49. The van der Waals surface area contributed by atoms with E-state index in [4.69, 9.17) is 9.47 Å². The molecule has 30 heavy (non-hydrogen) atoms. The van der Waals surface area contributed by atoms with Crippen LogP contribution in [-0.4, -0.2) is 37.0 Å². The number of hydrogen-bond donors (Lipinski definition) is 1. The lowest BCUT2D eigenvalue weighted by molar-refractivity contribution is -0.128. The Labute approximate surface area is 177 Å². The van der Waals surface area contributed by atoms with E-state index in [0.29, 0.717) is 23.6 Å². The number of amides is 2. The highest BCUT2D eigenvalue weighted by Crippen LogP contribution is 2.39. The van der Waals surface area contributed by atoms with Gasteiger partial charge in [-0.2, -0.15) is 0 Å². The molecule has 2 atom stereocenters. The minimum atomic E-state index is -0.519. The summed E-state index contributed by atoms with van der Waals surface area (Å²) in [4.78, 5) is 28.0. The van der Waals surface area contributed by atoms with Gasteiger partial charge in [0, 0.05) is 12.1 Å². The van der Waals surface area contributed by atoms with Crippen LogP contribution in [0.1, 0.15) is 53.4 Å². The average Bonchev–Trinajstić information content (AvgIpc) is 3.27. The van der Waals surface area contributed by atoms with E-state index in [1.54, 1.807) is 19.1 Å². The van der Waals surface area contributed by atoms with Gasteiger partial charge in [0.05, 0.1) is 20.3 Å². The van der Waals surface area contributed by atoms with E-state index < -0.39 is 6.04 Å². The van der Waals surface area contributed by atoms with E-state index in [0.717, 1.165) is 29.5 Å². The molecule has 2 aromatic rings. The minimum absolute atomic E-state index is 0.00506. The normalized spacial score (nSPS) is 18.2. The Morgan fingerprint density at radius 3 is 2.47 bits per heavy atom. The van der Waals surface area contributed by atoms with Gasteiger partial charge in [0.1, 0.15) is 6.04 Å². The van der Waals surface area contributed by atoms with Crippen LogP contribution in [0, 0.1) is 5.92 Å². The van der Waals surface area contributed by atoms with Crippen LogP contribution < -0.4 is 14.8 Å². The van der Waals surface area contributed by atoms with Crippen LogP contribution >= 0.6 is 0 Å². The summed E-state index contributed by atoms with van der Waals surface area (Å²) >= 11 is 0. The Morgan fingerprint density at radius 2 is 1.80 bits per heavy atom. The lowest BCUT2D eigenvalue weighted by Crippen LogP contribution is -2.50. The van der Waals surface area contributed by atoms with E-state index in [2.05, 4.69) is 5.32 Å². The molecule has 158 valence electrons. The van der Waals surface area contributed by atoms with Crippen LogP contribution in [0.5, 0.6) is 11.5 Å². The molecule has 1 aliphatic carbocycles. The summed E-state index contributed by atoms with van der Waals surface area (Å²) in [6.45, 7) is 4.44. The fraction of sp³-hybridized carbons (Fsp3) is 0.417. The first-order chi connectivity index (χ1) is 14.4. The van der Waals surface area contributed by atoms with Crippen LogP contribution in [-0.2, 0) is 17.8 Å². The van der Waals surface area contributed by atoms with Crippen LogP contribution in [0.4, 0.5) is 0 Å². The van der Waals surface area contributed by atoms with Crippen molar-refractivity contribution in [1.82, 2.24) is 10.2 Å². The number of fused-ring (bicyclic) bond motifs is 2. The maximum absolute atomic E-state index is 13.4. The van der Waals surface area contributed by atoms with E-state index in [1.165, 1.54) is 0 Å². The molecule has 0 spiro atoms. The number of carbonyl (C=O) groups is 2. The molecule has 2 amide bonds. The number of methoxy groups -OCH3 is 2. The van der Waals surface area contributed by atoms with Crippen molar-refractivity contribution in [3.8, 4) is 11.5 Å². The molecule has 2 unspecified atom stereocenters. The molecule has 0 aromatic heterocycles. The van der Waals surface area contributed by atoms with E-state index >= 15 is 0 Å². The Morgan fingerprint density at radius 1 is 1.10 bits per heavy atom. The molecular weight excluding hydrogens is 380 g/mol. The molecule has 1 aliphatic heterocycles. The summed E-state index contributed by atoms with van der Waals surface area (Å²) in [6.07, 6.45) is 1.68. The van der Waals surface area contributed by atoms with Gasteiger partial charge in [0.15, 0.2) is 11.5 Å². The van der Waals surface area contributed by atoms with Crippen molar-refractivity contribution in [1.29, 1.82) is 0 Å². The molecule has 1 N–H and O–H groups in total. The van der Waals surface area contributed by atoms with Gasteiger partial charge in [0.2, 0.25) is 5.91 Å². The van der Waals surface area contributed by atoms with Crippen molar-refractivity contribution < 1.29 is 19.1 Å². The van der Waals surface area contributed by atoms with Crippen molar-refractivity contribution in [3.05, 3.63) is 58.7 Å². The minimum Gasteiger partial charge on any atom is -0.493 e. The van der Waals surface area contributed by atoms with E-state index in [-0.39, 0.29) is 23.8 Å². The molecule has 0 fully saturated rings. The topological polar surface area (TPSA) is 67.9 Å². The van der Waals surface area contributed by atoms with Crippen LogP contribution in [0.3, 0.4) is 0 Å². The van der Waals surface area contributed by atoms with Gasteiger partial charge in [-0.25, -0.2) is 0 Å². The standard InChI is InChI=1S/C24H28N2O4/c1-14(2)22(26-13-16-7-5-6-8-17(16)24(26)28)23(27)25-19-10-9-15-11-20(29-3)21(30-4)12-18(15)19/h5-8,11-12,14,19,22H,9-10,13H2,1-4H3,(H,25,27). The summed E-state index contributed by atoms with van der Waals surface area (Å²) in [7, 11) is 3.23. The zero-order valence-electron chi connectivity index (χ0n) is 17.9. The number of ether oxygens (including phenoxy) is 2. The highest BCUT2D eigenvalue weighted by atomic mass is 16.5. The molecule has 2 aliphatic rings. The maximum Gasteiger partial charge on any atom is 0.255 e. The second-order valence-electron chi connectivity index (χ2n) is 8.28. The van der Waals surface area contributed by atoms with Gasteiger partial charge < -0.3 is 19.7 Å². The third-order valence-corrected chi connectivity index (χ3v) is 6.12. The molecule has 6 heteroatoms. The van der Waals surface area contributed by atoms with E-state index in [1.807, 2.05) is 50.2 Å². The van der Waals surface area contributed by atoms with Crippen molar-refractivity contribution in [2.75, 3.05) is 14.2 Å². The Kier molecular flexibility index (Phi) is 5.41. The molecule has 0 saturated carbocycles. The highest BCUT2D eigenvalue weighted by Gasteiger charge is 2.39. The highest BCUT2D eigenvalue weighted by molar-refractivity contribution is 6.01. The molecule has 0 bridgehead atoms. The third kappa shape index (κ3) is 3.40. The molecule has 2 aromatic carbocycles. The predicted molar refractivity (Wildman–Crippen MR) is 114 cm³/mol. The largest absolute Gasteiger partial charge is 0.493 e. The Balaban J connectivity index is 1.56. The maximum atomic E-state index is 13.4. The fourth-order valence-electron chi connectivity index (χ4n) is 4.65. The number of nitrogens with one attached hydrogen (secondary N) is 1. The first-order valence-corrected chi connectivity index (χ1v) is 10.4. The molecule has 4 rings (SSSR count). The van der Waals surface area contributed by atoms with Gasteiger partial charge >= 0.3 is 0 Å². The van der Waals surface area contributed by atoms with Gasteiger partial charge in [0.25, 0.3) is 5.91 Å². The summed E-state index contributed by atoms with van der Waals surface area (Å²) < 4.78 is 10.8. The van der Waals surface area contributed by atoms with Crippen LogP contribution in [0.2, 0.25) is 0 Å². The number of carbonyl (C=O) groups excluding carboxylic acids is 2. The number of benzene rings is 2. The summed E-state index contributed by atoms with van der Waals surface area (Å²) in [5.41, 5.74) is 3.88.